The van der Waals surface area contributed by atoms with Gasteiger partial charge in [0.25, 0.3) is 0 Å². The van der Waals surface area contributed by atoms with Gasteiger partial charge < -0.3 is 0 Å². The van der Waals surface area contributed by atoms with Crippen molar-refractivity contribution in [2.75, 3.05) is 19.6 Å². The van der Waals surface area contributed by atoms with Crippen molar-refractivity contribution < 1.29 is 8.42 Å². The molecule has 1 aliphatic heterocycles. The molecule has 5 rings (SSSR count). The third kappa shape index (κ3) is 5.55. The summed E-state index contributed by atoms with van der Waals surface area (Å²) in [7, 11) is -3.57. The van der Waals surface area contributed by atoms with E-state index in [9.17, 15) is 8.42 Å². The number of sulfonamides is 1. The molecule has 1 fully saturated rings. The Morgan fingerprint density at radius 3 is 2.06 bits per heavy atom. The van der Waals surface area contributed by atoms with Crippen LogP contribution in [0.15, 0.2) is 114 Å². The molecule has 0 radical (unpaired) electrons. The Morgan fingerprint density at radius 2 is 1.36 bits per heavy atom. The van der Waals surface area contributed by atoms with Crippen LogP contribution in [0.5, 0.6) is 0 Å². The van der Waals surface area contributed by atoms with Crippen LogP contribution < -0.4 is 0 Å². The zero-order valence-electron chi connectivity index (χ0n) is 20.0. The van der Waals surface area contributed by atoms with Crippen LogP contribution in [0.4, 0.5) is 0 Å². The second-order valence-electron chi connectivity index (χ2n) is 9.18. The molecule has 1 heterocycles. The van der Waals surface area contributed by atoms with Crippen molar-refractivity contribution in [3.63, 3.8) is 0 Å². The van der Waals surface area contributed by atoms with Crippen LogP contribution in [0.25, 0.3) is 11.1 Å². The predicted molar refractivity (Wildman–Crippen MR) is 146 cm³/mol. The second-order valence-corrected chi connectivity index (χ2v) is 11.5. The standard InChI is InChI=1S/C30H29ClN2O2S/c31-30-14-8-7-13-29(30)26-17-15-25(16-18-26)22-32-19-20-33(36(34,35)28-11-5-2-6-12-28)27(23-32)21-24-9-3-1-4-10-24/h1-18,27H,19-23H2/t27-/m0/s1. The Bertz CT molecular complexity index is 1390. The predicted octanol–water partition coefficient (Wildman–Crippen LogP) is 6.12. The lowest BCUT2D eigenvalue weighted by Gasteiger charge is -2.40. The number of piperazine rings is 1. The van der Waals surface area contributed by atoms with Crippen LogP contribution in [0.1, 0.15) is 11.1 Å². The van der Waals surface area contributed by atoms with Crippen molar-refractivity contribution in [2.24, 2.45) is 0 Å². The number of rotatable bonds is 7. The van der Waals surface area contributed by atoms with Gasteiger partial charge in [-0.1, -0.05) is 103 Å². The number of nitrogens with zero attached hydrogens (tertiary/aromatic N) is 2. The van der Waals surface area contributed by atoms with Gasteiger partial charge in [0, 0.05) is 42.8 Å². The summed E-state index contributed by atoms with van der Waals surface area (Å²) < 4.78 is 28.8. The third-order valence-electron chi connectivity index (χ3n) is 6.72. The smallest absolute Gasteiger partial charge is 0.243 e. The van der Waals surface area contributed by atoms with E-state index in [2.05, 4.69) is 41.3 Å². The van der Waals surface area contributed by atoms with Gasteiger partial charge in [-0.2, -0.15) is 4.31 Å². The van der Waals surface area contributed by atoms with E-state index in [1.165, 1.54) is 5.56 Å². The molecule has 0 spiro atoms. The zero-order valence-corrected chi connectivity index (χ0v) is 21.6. The van der Waals surface area contributed by atoms with Crippen molar-refractivity contribution in [3.8, 4) is 11.1 Å². The maximum Gasteiger partial charge on any atom is 0.243 e. The van der Waals surface area contributed by atoms with E-state index in [-0.39, 0.29) is 6.04 Å². The third-order valence-corrected chi connectivity index (χ3v) is 9.02. The molecule has 36 heavy (non-hydrogen) atoms. The van der Waals surface area contributed by atoms with Crippen LogP contribution in [0.3, 0.4) is 0 Å². The van der Waals surface area contributed by atoms with Crippen LogP contribution in [-0.2, 0) is 23.0 Å². The van der Waals surface area contributed by atoms with Crippen molar-refractivity contribution in [1.29, 1.82) is 0 Å². The molecule has 4 aromatic carbocycles. The van der Waals surface area contributed by atoms with Gasteiger partial charge in [0.15, 0.2) is 0 Å². The van der Waals surface area contributed by atoms with E-state index in [4.69, 9.17) is 11.6 Å². The van der Waals surface area contributed by atoms with E-state index in [0.717, 1.165) is 28.3 Å². The SMILES string of the molecule is O=S(=O)(c1ccccc1)N1CCN(Cc2ccc(-c3ccccc3Cl)cc2)C[C@@H]1Cc1ccccc1. The summed E-state index contributed by atoms with van der Waals surface area (Å²) in [5.41, 5.74) is 4.45. The molecule has 0 aliphatic carbocycles. The fraction of sp³-hybridized carbons (Fsp3) is 0.200. The summed E-state index contributed by atoms with van der Waals surface area (Å²) in [4.78, 5) is 2.71. The summed E-state index contributed by atoms with van der Waals surface area (Å²) in [5.74, 6) is 0. The highest BCUT2D eigenvalue weighted by molar-refractivity contribution is 7.89. The first kappa shape index (κ1) is 24.7. The van der Waals surface area contributed by atoms with Gasteiger partial charge in [-0.15, -0.1) is 0 Å². The van der Waals surface area contributed by atoms with Gasteiger partial charge in [-0.3, -0.25) is 4.90 Å². The Kier molecular flexibility index (Phi) is 7.54. The summed E-state index contributed by atoms with van der Waals surface area (Å²) in [6.07, 6.45) is 0.675. The molecule has 1 aliphatic rings. The molecule has 0 bridgehead atoms. The molecule has 4 nitrogen and oxygen atoms in total. The Hall–Kier alpha value is -2.96. The van der Waals surface area contributed by atoms with Gasteiger partial charge in [0.2, 0.25) is 10.0 Å². The van der Waals surface area contributed by atoms with E-state index in [1.807, 2.05) is 48.5 Å². The van der Waals surface area contributed by atoms with Crippen molar-refractivity contribution >= 4 is 21.6 Å². The fourth-order valence-electron chi connectivity index (χ4n) is 4.89. The largest absolute Gasteiger partial charge is 0.296 e. The van der Waals surface area contributed by atoms with Gasteiger partial charge in [0.1, 0.15) is 0 Å². The first-order valence-corrected chi connectivity index (χ1v) is 14.0. The highest BCUT2D eigenvalue weighted by Crippen LogP contribution is 2.29. The van der Waals surface area contributed by atoms with Gasteiger partial charge in [-0.05, 0) is 41.3 Å². The molecule has 1 atom stereocenters. The minimum absolute atomic E-state index is 0.145. The zero-order chi connectivity index (χ0) is 25.0. The van der Waals surface area contributed by atoms with E-state index in [1.54, 1.807) is 28.6 Å². The molecule has 0 N–H and O–H groups in total. The van der Waals surface area contributed by atoms with Crippen LogP contribution >= 0.6 is 11.6 Å². The van der Waals surface area contributed by atoms with Gasteiger partial charge >= 0.3 is 0 Å². The quantitative estimate of drug-likeness (QED) is 0.297. The topological polar surface area (TPSA) is 40.6 Å². The van der Waals surface area contributed by atoms with Crippen molar-refractivity contribution in [2.45, 2.75) is 23.9 Å². The maximum atomic E-state index is 13.5. The average Bonchev–Trinajstić information content (AvgIpc) is 2.91. The molecule has 4 aromatic rings. The lowest BCUT2D eigenvalue weighted by Crippen LogP contribution is -2.55. The summed E-state index contributed by atoms with van der Waals surface area (Å²) >= 11 is 6.37. The first-order chi connectivity index (χ1) is 17.5. The van der Waals surface area contributed by atoms with Crippen LogP contribution in [0.2, 0.25) is 5.02 Å². The van der Waals surface area contributed by atoms with E-state index < -0.39 is 10.0 Å². The maximum absolute atomic E-state index is 13.5. The normalized spacial score (nSPS) is 17.2. The molecular weight excluding hydrogens is 488 g/mol. The molecule has 1 saturated heterocycles. The lowest BCUT2D eigenvalue weighted by atomic mass is 10.0. The highest BCUT2D eigenvalue weighted by atomic mass is 35.5. The summed E-state index contributed by atoms with van der Waals surface area (Å²) in [6, 6.07) is 35.1. The lowest BCUT2D eigenvalue weighted by molar-refractivity contribution is 0.129. The monoisotopic (exact) mass is 516 g/mol. The van der Waals surface area contributed by atoms with Crippen LogP contribution in [0, 0.1) is 0 Å². The minimum atomic E-state index is -3.57. The van der Waals surface area contributed by atoms with Crippen molar-refractivity contribution in [1.82, 2.24) is 9.21 Å². The minimum Gasteiger partial charge on any atom is -0.296 e. The van der Waals surface area contributed by atoms with Gasteiger partial charge in [0.05, 0.1) is 4.90 Å². The molecule has 184 valence electrons. The number of hydrogen-bond acceptors (Lipinski definition) is 3. The van der Waals surface area contributed by atoms with Gasteiger partial charge in [-0.25, -0.2) is 8.42 Å². The molecule has 6 heteroatoms. The van der Waals surface area contributed by atoms with Crippen LogP contribution in [-0.4, -0.2) is 43.3 Å². The number of benzene rings is 4. The highest BCUT2D eigenvalue weighted by Gasteiger charge is 2.36. The Balaban J connectivity index is 1.34. The first-order valence-electron chi connectivity index (χ1n) is 12.2. The number of hydrogen-bond donors (Lipinski definition) is 0. The molecule has 0 saturated carbocycles. The molecule has 0 unspecified atom stereocenters. The van der Waals surface area contributed by atoms with Crippen molar-refractivity contribution in [3.05, 3.63) is 125 Å². The molecular formula is C30H29ClN2O2S. The summed E-state index contributed by atoms with van der Waals surface area (Å²) in [6.45, 7) is 2.59. The molecule has 0 amide bonds. The Morgan fingerprint density at radius 1 is 0.722 bits per heavy atom. The molecule has 0 aromatic heterocycles. The Labute approximate surface area is 218 Å². The second kappa shape index (κ2) is 11.0. The van der Waals surface area contributed by atoms with E-state index >= 15 is 0 Å². The fourth-order valence-corrected chi connectivity index (χ4v) is 6.76. The van der Waals surface area contributed by atoms with E-state index in [0.29, 0.717) is 31.0 Å². The average molecular weight is 517 g/mol. The summed E-state index contributed by atoms with van der Waals surface area (Å²) in [5, 5.41) is 0.741. The number of halogens is 1.